The van der Waals surface area contributed by atoms with Gasteiger partial charge in [-0.2, -0.15) is 4.98 Å². The molecule has 0 aliphatic heterocycles. The number of hydrogen-bond donors (Lipinski definition) is 1. The Labute approximate surface area is 117 Å². The zero-order chi connectivity index (χ0) is 14.2. The Bertz CT molecular complexity index is 539. The summed E-state index contributed by atoms with van der Waals surface area (Å²) in [7, 11) is 0. The fourth-order valence-electron chi connectivity index (χ4n) is 1.74. The third-order valence-corrected chi connectivity index (χ3v) is 2.85. The van der Waals surface area contributed by atoms with Gasteiger partial charge in [0.15, 0.2) is 0 Å². The first-order valence-corrected chi connectivity index (χ1v) is 6.79. The Morgan fingerprint density at radius 1 is 1.30 bits per heavy atom. The molecule has 20 heavy (non-hydrogen) atoms. The molecule has 6 heteroatoms. The van der Waals surface area contributed by atoms with E-state index in [1.165, 1.54) is 0 Å². The Morgan fingerprint density at radius 2 is 2.10 bits per heavy atom. The van der Waals surface area contributed by atoms with E-state index >= 15 is 0 Å². The summed E-state index contributed by atoms with van der Waals surface area (Å²) in [6.45, 7) is 2.38. The zero-order valence-corrected chi connectivity index (χ0v) is 11.5. The Hall–Kier alpha value is -2.24. The van der Waals surface area contributed by atoms with Crippen molar-refractivity contribution in [2.24, 2.45) is 0 Å². The van der Waals surface area contributed by atoms with E-state index in [0.29, 0.717) is 18.1 Å². The minimum Gasteiger partial charge on any atom is -0.347 e. The average Bonchev–Trinajstić information content (AvgIpc) is 2.95. The molecule has 0 atom stereocenters. The second-order valence-corrected chi connectivity index (χ2v) is 4.48. The van der Waals surface area contributed by atoms with Crippen LogP contribution in [0.25, 0.3) is 11.4 Å². The lowest BCUT2D eigenvalue weighted by Gasteiger charge is -2.01. The molecule has 1 amide bonds. The SMILES string of the molecule is CCCCCC(=O)NCc1nc(-c2ccncc2)no1. The molecule has 0 aliphatic carbocycles. The van der Waals surface area contributed by atoms with Crippen LogP contribution in [0.5, 0.6) is 0 Å². The quantitative estimate of drug-likeness (QED) is 0.784. The predicted octanol–water partition coefficient (Wildman–Crippen LogP) is 2.33. The van der Waals surface area contributed by atoms with Gasteiger partial charge in [-0.05, 0) is 18.6 Å². The molecule has 0 fully saturated rings. The van der Waals surface area contributed by atoms with Crippen molar-refractivity contribution in [2.45, 2.75) is 39.2 Å². The molecular formula is C14H18N4O2. The van der Waals surface area contributed by atoms with Crippen molar-refractivity contribution >= 4 is 5.91 Å². The highest BCUT2D eigenvalue weighted by molar-refractivity contribution is 5.75. The first kappa shape index (κ1) is 14.2. The summed E-state index contributed by atoms with van der Waals surface area (Å²) in [5, 5.41) is 6.65. The lowest BCUT2D eigenvalue weighted by Crippen LogP contribution is -2.22. The van der Waals surface area contributed by atoms with Gasteiger partial charge in [0, 0.05) is 24.4 Å². The van der Waals surface area contributed by atoms with Crippen LogP contribution in [0.4, 0.5) is 0 Å². The van der Waals surface area contributed by atoms with Crippen LogP contribution < -0.4 is 5.32 Å². The molecule has 0 aliphatic rings. The van der Waals surface area contributed by atoms with Gasteiger partial charge in [-0.25, -0.2) is 0 Å². The maximum atomic E-state index is 11.6. The zero-order valence-electron chi connectivity index (χ0n) is 11.5. The number of aromatic nitrogens is 3. The summed E-state index contributed by atoms with van der Waals surface area (Å²) in [6, 6.07) is 3.61. The lowest BCUT2D eigenvalue weighted by atomic mass is 10.2. The van der Waals surface area contributed by atoms with Crippen LogP contribution in [0.2, 0.25) is 0 Å². The van der Waals surface area contributed by atoms with Crippen molar-refractivity contribution in [3.8, 4) is 11.4 Å². The first-order chi connectivity index (χ1) is 9.79. The molecule has 0 spiro atoms. The van der Waals surface area contributed by atoms with Crippen molar-refractivity contribution in [3.63, 3.8) is 0 Å². The fourth-order valence-corrected chi connectivity index (χ4v) is 1.74. The lowest BCUT2D eigenvalue weighted by molar-refractivity contribution is -0.121. The van der Waals surface area contributed by atoms with Crippen LogP contribution in [0.15, 0.2) is 29.0 Å². The van der Waals surface area contributed by atoms with Gasteiger partial charge in [0.05, 0.1) is 6.54 Å². The molecule has 0 saturated carbocycles. The maximum absolute atomic E-state index is 11.6. The molecule has 0 radical (unpaired) electrons. The minimum atomic E-state index is 0.0158. The van der Waals surface area contributed by atoms with Crippen LogP contribution >= 0.6 is 0 Å². The number of pyridine rings is 1. The number of carbonyl (C=O) groups is 1. The molecule has 106 valence electrons. The summed E-state index contributed by atoms with van der Waals surface area (Å²) >= 11 is 0. The van der Waals surface area contributed by atoms with E-state index in [-0.39, 0.29) is 12.5 Å². The molecule has 1 N–H and O–H groups in total. The van der Waals surface area contributed by atoms with Crippen molar-refractivity contribution in [1.29, 1.82) is 0 Å². The van der Waals surface area contributed by atoms with E-state index in [9.17, 15) is 4.79 Å². The van der Waals surface area contributed by atoms with Crippen molar-refractivity contribution in [1.82, 2.24) is 20.4 Å². The molecule has 0 bridgehead atoms. The molecule has 0 aromatic carbocycles. The smallest absolute Gasteiger partial charge is 0.246 e. The van der Waals surface area contributed by atoms with Crippen LogP contribution in [-0.2, 0) is 11.3 Å². The Balaban J connectivity index is 1.83. The molecule has 0 saturated heterocycles. The molecular weight excluding hydrogens is 256 g/mol. The minimum absolute atomic E-state index is 0.0158. The average molecular weight is 274 g/mol. The predicted molar refractivity (Wildman–Crippen MR) is 73.5 cm³/mol. The standard InChI is InChI=1S/C14H18N4O2/c1-2-3-4-5-12(19)16-10-13-17-14(18-20-13)11-6-8-15-9-7-11/h6-9H,2-5,10H2,1H3,(H,16,19). The van der Waals surface area contributed by atoms with Crippen molar-refractivity contribution in [3.05, 3.63) is 30.4 Å². The van der Waals surface area contributed by atoms with Gasteiger partial charge in [-0.3, -0.25) is 9.78 Å². The van der Waals surface area contributed by atoms with E-state index < -0.39 is 0 Å². The number of rotatable bonds is 7. The van der Waals surface area contributed by atoms with Gasteiger partial charge in [0.1, 0.15) is 0 Å². The van der Waals surface area contributed by atoms with E-state index in [1.807, 2.05) is 0 Å². The molecule has 2 heterocycles. The maximum Gasteiger partial charge on any atom is 0.246 e. The highest BCUT2D eigenvalue weighted by Crippen LogP contribution is 2.13. The third-order valence-electron chi connectivity index (χ3n) is 2.85. The number of hydrogen-bond acceptors (Lipinski definition) is 5. The number of carbonyl (C=O) groups excluding carboxylic acids is 1. The number of nitrogens with zero attached hydrogens (tertiary/aromatic N) is 3. The monoisotopic (exact) mass is 274 g/mol. The van der Waals surface area contributed by atoms with Crippen molar-refractivity contribution < 1.29 is 9.32 Å². The first-order valence-electron chi connectivity index (χ1n) is 6.79. The largest absolute Gasteiger partial charge is 0.347 e. The Morgan fingerprint density at radius 3 is 2.85 bits per heavy atom. The highest BCUT2D eigenvalue weighted by atomic mass is 16.5. The van der Waals surface area contributed by atoms with Gasteiger partial charge < -0.3 is 9.84 Å². The van der Waals surface area contributed by atoms with E-state index in [0.717, 1.165) is 24.8 Å². The van der Waals surface area contributed by atoms with Gasteiger partial charge in [0.2, 0.25) is 17.6 Å². The topological polar surface area (TPSA) is 80.9 Å². The van der Waals surface area contributed by atoms with Crippen LogP contribution in [0.3, 0.4) is 0 Å². The molecule has 2 rings (SSSR count). The van der Waals surface area contributed by atoms with E-state index in [1.54, 1.807) is 24.5 Å². The van der Waals surface area contributed by atoms with Gasteiger partial charge in [-0.15, -0.1) is 0 Å². The van der Waals surface area contributed by atoms with Crippen LogP contribution in [-0.4, -0.2) is 21.0 Å². The second-order valence-electron chi connectivity index (χ2n) is 4.48. The number of amides is 1. The Kier molecular flexibility index (Phi) is 5.23. The van der Waals surface area contributed by atoms with Gasteiger partial charge in [-0.1, -0.05) is 24.9 Å². The van der Waals surface area contributed by atoms with Crippen LogP contribution in [0.1, 0.15) is 38.5 Å². The highest BCUT2D eigenvalue weighted by Gasteiger charge is 2.09. The van der Waals surface area contributed by atoms with Gasteiger partial charge in [0.25, 0.3) is 0 Å². The molecule has 2 aromatic rings. The summed E-state index contributed by atoms with van der Waals surface area (Å²) in [5.74, 6) is 0.922. The summed E-state index contributed by atoms with van der Waals surface area (Å²) in [5.41, 5.74) is 0.837. The summed E-state index contributed by atoms with van der Waals surface area (Å²) < 4.78 is 5.10. The van der Waals surface area contributed by atoms with E-state index in [4.69, 9.17) is 4.52 Å². The summed E-state index contributed by atoms with van der Waals surface area (Å²) in [4.78, 5) is 19.7. The summed E-state index contributed by atoms with van der Waals surface area (Å²) in [6.07, 6.45) is 6.96. The second kappa shape index (κ2) is 7.37. The van der Waals surface area contributed by atoms with Gasteiger partial charge >= 0.3 is 0 Å². The fraction of sp³-hybridized carbons (Fsp3) is 0.429. The molecule has 2 aromatic heterocycles. The van der Waals surface area contributed by atoms with Crippen LogP contribution in [0, 0.1) is 0 Å². The molecule has 0 unspecified atom stereocenters. The number of unbranched alkanes of at least 4 members (excludes halogenated alkanes) is 2. The molecule has 6 nitrogen and oxygen atoms in total. The van der Waals surface area contributed by atoms with E-state index in [2.05, 4.69) is 27.4 Å². The van der Waals surface area contributed by atoms with Crippen molar-refractivity contribution in [2.75, 3.05) is 0 Å². The third kappa shape index (κ3) is 4.15. The normalized spacial score (nSPS) is 10.4. The number of nitrogens with one attached hydrogen (secondary N) is 1.